The van der Waals surface area contributed by atoms with Gasteiger partial charge in [-0.2, -0.15) is 0 Å². The van der Waals surface area contributed by atoms with Crippen LogP contribution in [-0.4, -0.2) is 95.4 Å². The number of hydrogen-bond donors (Lipinski definition) is 0. The van der Waals surface area contributed by atoms with E-state index in [2.05, 4.69) is 0 Å². The van der Waals surface area contributed by atoms with Crippen molar-refractivity contribution >= 4 is 41.1 Å². The Morgan fingerprint density at radius 1 is 0.394 bits per heavy atom. The monoisotopic (exact) mass is 608 g/mol. The minimum absolute atomic E-state index is 0.586. The molecule has 3 rings (SSSR count). The van der Waals surface area contributed by atoms with Gasteiger partial charge in [-0.25, -0.2) is 0 Å². The van der Waals surface area contributed by atoms with Gasteiger partial charge < -0.3 is 28.4 Å². The van der Waals surface area contributed by atoms with Gasteiger partial charge in [-0.15, -0.1) is 0 Å². The first-order valence-corrected chi connectivity index (χ1v) is 21.2. The molecule has 1 fully saturated rings. The topological polar surface area (TPSA) is 55.4 Å². The molecule has 0 unspecified atom stereocenters. The van der Waals surface area contributed by atoms with E-state index in [1.165, 1.54) is 0 Å². The Morgan fingerprint density at radius 3 is 0.818 bits per heavy atom. The summed E-state index contributed by atoms with van der Waals surface area (Å²) in [6.07, 6.45) is 0. The fraction of sp³-hybridized carbons (Fsp3) is 0.500. The summed E-state index contributed by atoms with van der Waals surface area (Å²) in [6.45, 7) is 7.04. The molecule has 2 aromatic rings. The molecule has 0 spiro atoms. The summed E-state index contributed by atoms with van der Waals surface area (Å²) in [4.78, 5) is 0. The third kappa shape index (κ3) is 13.3. The summed E-state index contributed by atoms with van der Waals surface area (Å²) in [6, 6.07) is 19.9. The number of rotatable bonds is 2. The standard InChI is InChI=1S/C12H24O6.2C6H5.2ClH.Sn/c1-2-14-5-6-16-9-10-18-12-11-17-8-7-15-4-3-13-1;2*1-2-4-6-5-3-1;;;/h1-12H2;2*1-5H;2*1H;/q;;;;;+2/p-2. The summed E-state index contributed by atoms with van der Waals surface area (Å²) in [7, 11) is 13.1. The second kappa shape index (κ2) is 18.8. The summed E-state index contributed by atoms with van der Waals surface area (Å²) in [5.74, 6) is 0. The van der Waals surface area contributed by atoms with Gasteiger partial charge >= 0.3 is 102 Å². The van der Waals surface area contributed by atoms with Crippen LogP contribution in [0.1, 0.15) is 0 Å². The molecule has 33 heavy (non-hydrogen) atoms. The second-order valence-corrected chi connectivity index (χ2v) is 22.5. The van der Waals surface area contributed by atoms with Gasteiger partial charge in [0.05, 0.1) is 79.3 Å². The fourth-order valence-electron chi connectivity index (χ4n) is 2.78. The third-order valence-electron chi connectivity index (χ3n) is 4.50. The Bertz CT molecular complexity index is 592. The van der Waals surface area contributed by atoms with Crippen LogP contribution in [0.2, 0.25) is 0 Å². The predicted molar refractivity (Wildman–Crippen MR) is 135 cm³/mol. The van der Waals surface area contributed by atoms with E-state index in [4.69, 9.17) is 46.3 Å². The first kappa shape index (κ1) is 28.8. The molecular weight excluding hydrogens is 574 g/mol. The molecule has 0 aromatic heterocycles. The molecule has 1 heterocycles. The molecule has 0 aliphatic carbocycles. The molecule has 6 nitrogen and oxygen atoms in total. The molecule has 0 amide bonds. The van der Waals surface area contributed by atoms with E-state index in [1.54, 1.807) is 0 Å². The van der Waals surface area contributed by atoms with E-state index >= 15 is 0 Å². The normalized spacial score (nSPS) is 18.2. The Labute approximate surface area is 208 Å². The SMILES string of the molecule is C1COCCOCCOCCOCCOCCO1.[Cl][Sn]([Cl])([c]1ccccc1)[c]1ccccc1. The van der Waals surface area contributed by atoms with Gasteiger partial charge in [0.2, 0.25) is 0 Å². The summed E-state index contributed by atoms with van der Waals surface area (Å²) >= 11 is -3.30. The molecule has 1 aliphatic rings. The van der Waals surface area contributed by atoms with Crippen molar-refractivity contribution in [2.45, 2.75) is 0 Å². The average molecular weight is 608 g/mol. The minimum atomic E-state index is -3.30. The van der Waals surface area contributed by atoms with E-state index in [-0.39, 0.29) is 0 Å². The van der Waals surface area contributed by atoms with E-state index < -0.39 is 16.1 Å². The van der Waals surface area contributed by atoms with Crippen molar-refractivity contribution in [3.63, 3.8) is 0 Å². The third-order valence-corrected chi connectivity index (χ3v) is 16.4. The van der Waals surface area contributed by atoms with Gasteiger partial charge in [-0.05, 0) is 0 Å². The quantitative estimate of drug-likeness (QED) is 0.490. The van der Waals surface area contributed by atoms with Crippen molar-refractivity contribution in [2.75, 3.05) is 79.3 Å². The van der Waals surface area contributed by atoms with Crippen molar-refractivity contribution in [3.8, 4) is 0 Å². The van der Waals surface area contributed by atoms with Crippen LogP contribution < -0.4 is 7.16 Å². The van der Waals surface area contributed by atoms with Crippen LogP contribution in [0.4, 0.5) is 0 Å². The molecule has 0 saturated carbocycles. The van der Waals surface area contributed by atoms with Crippen molar-refractivity contribution in [2.24, 2.45) is 0 Å². The van der Waals surface area contributed by atoms with E-state index in [9.17, 15) is 0 Å². The predicted octanol–water partition coefficient (Wildman–Crippen LogP) is 2.82. The average Bonchev–Trinajstić information content (AvgIpc) is 2.86. The van der Waals surface area contributed by atoms with Crippen LogP contribution in [0.25, 0.3) is 0 Å². The first-order chi connectivity index (χ1) is 16.2. The van der Waals surface area contributed by atoms with Crippen molar-refractivity contribution < 1.29 is 28.4 Å². The molecule has 0 N–H and O–H groups in total. The Balaban J connectivity index is 0.000000237. The molecule has 184 valence electrons. The van der Waals surface area contributed by atoms with Crippen molar-refractivity contribution in [1.29, 1.82) is 0 Å². The van der Waals surface area contributed by atoms with E-state index in [0.29, 0.717) is 79.3 Å². The molecule has 0 radical (unpaired) electrons. The molecule has 9 heteroatoms. The molecule has 2 aromatic carbocycles. The van der Waals surface area contributed by atoms with Gasteiger partial charge in [-0.1, -0.05) is 0 Å². The zero-order valence-corrected chi connectivity index (χ0v) is 23.3. The van der Waals surface area contributed by atoms with E-state index in [0.717, 1.165) is 7.16 Å². The van der Waals surface area contributed by atoms with Gasteiger partial charge in [0.1, 0.15) is 0 Å². The maximum atomic E-state index is 6.56. The zero-order valence-electron chi connectivity index (χ0n) is 19.0. The Hall–Kier alpha value is -0.421. The molecule has 1 aliphatic heterocycles. The number of ether oxygens (including phenoxy) is 6. The van der Waals surface area contributed by atoms with E-state index in [1.807, 2.05) is 60.7 Å². The van der Waals surface area contributed by atoms with Crippen molar-refractivity contribution in [3.05, 3.63) is 60.7 Å². The molecule has 0 atom stereocenters. The second-order valence-electron chi connectivity index (χ2n) is 6.98. The summed E-state index contributed by atoms with van der Waals surface area (Å²) in [5, 5.41) is 0. The van der Waals surface area contributed by atoms with Gasteiger partial charge in [0, 0.05) is 0 Å². The first-order valence-electron chi connectivity index (χ1n) is 11.2. The Morgan fingerprint density at radius 2 is 0.606 bits per heavy atom. The van der Waals surface area contributed by atoms with Crippen LogP contribution in [0.3, 0.4) is 0 Å². The van der Waals surface area contributed by atoms with Crippen LogP contribution >= 0.6 is 17.8 Å². The van der Waals surface area contributed by atoms with Gasteiger partial charge in [0.15, 0.2) is 0 Å². The summed E-state index contributed by atoms with van der Waals surface area (Å²) in [5.41, 5.74) is 0. The van der Waals surface area contributed by atoms with Gasteiger partial charge in [-0.3, -0.25) is 0 Å². The maximum absolute atomic E-state index is 6.56. The zero-order chi connectivity index (χ0) is 23.5. The fourth-order valence-corrected chi connectivity index (χ4v) is 10.6. The molecular formula is C24H34Cl2O6Sn. The Kier molecular flexibility index (Phi) is 16.5. The van der Waals surface area contributed by atoms with Crippen molar-refractivity contribution in [1.82, 2.24) is 0 Å². The number of benzene rings is 2. The number of hydrogen-bond acceptors (Lipinski definition) is 6. The number of halogens is 2. The van der Waals surface area contributed by atoms with Gasteiger partial charge in [0.25, 0.3) is 0 Å². The molecule has 1 saturated heterocycles. The molecule has 0 bridgehead atoms. The van der Waals surface area contributed by atoms with Crippen LogP contribution in [0.5, 0.6) is 0 Å². The van der Waals surface area contributed by atoms with Crippen LogP contribution in [0, 0.1) is 0 Å². The van der Waals surface area contributed by atoms with Crippen LogP contribution in [-0.2, 0) is 28.4 Å². The van der Waals surface area contributed by atoms with Crippen LogP contribution in [0.15, 0.2) is 60.7 Å². The summed E-state index contributed by atoms with van der Waals surface area (Å²) < 4.78 is 34.2.